The average Bonchev–Trinajstić information content (AvgIpc) is 2.75. The number of phenolic OH excluding ortho intramolecular Hbond substituents is 1. The highest BCUT2D eigenvalue weighted by molar-refractivity contribution is 9.13. The molecule has 1 N–H and O–H groups in total. The largest absolute Gasteiger partial charge is 0.503 e. The second kappa shape index (κ2) is 7.06. The van der Waals surface area contributed by atoms with Crippen molar-refractivity contribution >= 4 is 60.8 Å². The van der Waals surface area contributed by atoms with Crippen LogP contribution in [0, 0.1) is 0 Å². The molecule has 0 aromatic heterocycles. The zero-order valence-electron chi connectivity index (χ0n) is 11.9. The van der Waals surface area contributed by atoms with E-state index in [2.05, 4.69) is 31.9 Å². The van der Waals surface area contributed by atoms with Crippen LogP contribution in [0.4, 0.5) is 4.79 Å². The lowest BCUT2D eigenvalue weighted by atomic mass is 10.2. The number of thioether (sulfide) groups is 1. The number of hydrogen-bond donors (Lipinski definition) is 1. The third kappa shape index (κ3) is 3.18. The molecule has 1 heterocycles. The lowest BCUT2D eigenvalue weighted by molar-refractivity contribution is -0.122. The summed E-state index contributed by atoms with van der Waals surface area (Å²) < 4.78 is 6.38. The van der Waals surface area contributed by atoms with Crippen molar-refractivity contribution in [2.45, 2.75) is 13.8 Å². The Labute approximate surface area is 149 Å². The molecule has 1 aliphatic rings. The molecule has 0 spiro atoms. The van der Waals surface area contributed by atoms with Crippen LogP contribution in [0.25, 0.3) is 6.08 Å². The standard InChI is InChI=1S/C14H13Br2NO4S/c1-3-17-13(19)9(22-14(17)20)6-7-5-8(21-4-2)12(18)11(16)10(7)15/h5-6,18H,3-4H2,1-2H3/b9-6-. The fourth-order valence-corrected chi connectivity index (χ4v) is 3.63. The molecule has 2 amide bonds. The third-order valence-electron chi connectivity index (χ3n) is 2.95. The van der Waals surface area contributed by atoms with Gasteiger partial charge in [0.05, 0.1) is 16.0 Å². The first kappa shape index (κ1) is 17.4. The van der Waals surface area contributed by atoms with Crippen molar-refractivity contribution in [3.05, 3.63) is 25.5 Å². The van der Waals surface area contributed by atoms with Crippen LogP contribution >= 0.6 is 43.6 Å². The maximum absolute atomic E-state index is 12.1. The number of carbonyl (C=O) groups is 2. The van der Waals surface area contributed by atoms with E-state index in [1.54, 1.807) is 19.1 Å². The number of likely N-dealkylation sites (N-methyl/N-ethyl adjacent to an activating group) is 1. The van der Waals surface area contributed by atoms with Gasteiger partial charge in [-0.1, -0.05) is 0 Å². The summed E-state index contributed by atoms with van der Waals surface area (Å²) in [6.07, 6.45) is 1.61. The average molecular weight is 451 g/mol. The van der Waals surface area contributed by atoms with Crippen LogP contribution in [0.2, 0.25) is 0 Å². The summed E-state index contributed by atoms with van der Waals surface area (Å²) in [5, 5.41) is 9.73. The van der Waals surface area contributed by atoms with Crippen LogP contribution in [0.3, 0.4) is 0 Å². The number of nitrogens with zero attached hydrogens (tertiary/aromatic N) is 1. The highest BCUT2D eigenvalue weighted by atomic mass is 79.9. The highest BCUT2D eigenvalue weighted by Crippen LogP contribution is 2.43. The quantitative estimate of drug-likeness (QED) is 0.689. The molecule has 0 saturated carbocycles. The zero-order valence-corrected chi connectivity index (χ0v) is 15.8. The molecule has 1 saturated heterocycles. The molecule has 0 atom stereocenters. The predicted molar refractivity (Wildman–Crippen MR) is 93.0 cm³/mol. The van der Waals surface area contributed by atoms with Gasteiger partial charge >= 0.3 is 0 Å². The molecule has 0 radical (unpaired) electrons. The summed E-state index contributed by atoms with van der Waals surface area (Å²) in [6, 6.07) is 1.62. The van der Waals surface area contributed by atoms with E-state index in [0.717, 1.165) is 11.8 Å². The Balaban J connectivity index is 2.48. The number of halogens is 2. The number of ether oxygens (including phenoxy) is 1. The number of benzene rings is 1. The smallest absolute Gasteiger partial charge is 0.293 e. The molecular weight excluding hydrogens is 438 g/mol. The summed E-state index contributed by atoms with van der Waals surface area (Å²) >= 11 is 7.54. The second-order valence-electron chi connectivity index (χ2n) is 4.30. The minimum absolute atomic E-state index is 0.0208. The van der Waals surface area contributed by atoms with Crippen molar-refractivity contribution < 1.29 is 19.4 Å². The van der Waals surface area contributed by atoms with Crippen molar-refractivity contribution in [3.63, 3.8) is 0 Å². The fraction of sp³-hybridized carbons (Fsp3) is 0.286. The van der Waals surface area contributed by atoms with E-state index in [9.17, 15) is 14.7 Å². The number of carbonyl (C=O) groups excluding carboxylic acids is 2. The van der Waals surface area contributed by atoms with Crippen molar-refractivity contribution in [2.75, 3.05) is 13.2 Å². The minimum atomic E-state index is -0.313. The fourth-order valence-electron chi connectivity index (χ4n) is 1.90. The number of amides is 2. The molecule has 0 aliphatic carbocycles. The van der Waals surface area contributed by atoms with E-state index in [0.29, 0.717) is 38.3 Å². The monoisotopic (exact) mass is 449 g/mol. The normalized spacial score (nSPS) is 16.7. The summed E-state index contributed by atoms with van der Waals surface area (Å²) in [5.41, 5.74) is 0.634. The molecule has 8 heteroatoms. The SMILES string of the molecule is CCOc1cc(/C=C2\SC(=O)N(CC)C2=O)c(Br)c(Br)c1O. The van der Waals surface area contributed by atoms with Crippen LogP contribution in [-0.4, -0.2) is 34.3 Å². The van der Waals surface area contributed by atoms with E-state index in [-0.39, 0.29) is 16.9 Å². The summed E-state index contributed by atoms with van der Waals surface area (Å²) in [7, 11) is 0. The number of imide groups is 1. The molecule has 1 aromatic carbocycles. The number of hydrogen-bond acceptors (Lipinski definition) is 5. The molecule has 2 rings (SSSR count). The molecule has 1 fully saturated rings. The summed E-state index contributed by atoms with van der Waals surface area (Å²) in [5.74, 6) is -0.0300. The minimum Gasteiger partial charge on any atom is -0.503 e. The van der Waals surface area contributed by atoms with Gasteiger partial charge in [-0.3, -0.25) is 14.5 Å². The van der Waals surface area contributed by atoms with E-state index in [1.165, 1.54) is 4.90 Å². The third-order valence-corrected chi connectivity index (χ3v) is 6.02. The van der Waals surface area contributed by atoms with Crippen molar-refractivity contribution in [2.24, 2.45) is 0 Å². The highest BCUT2D eigenvalue weighted by Gasteiger charge is 2.34. The first-order valence-electron chi connectivity index (χ1n) is 6.49. The molecule has 1 aliphatic heterocycles. The van der Waals surface area contributed by atoms with Crippen LogP contribution in [0.1, 0.15) is 19.4 Å². The van der Waals surface area contributed by atoms with Gasteiger partial charge in [-0.15, -0.1) is 0 Å². The van der Waals surface area contributed by atoms with E-state index < -0.39 is 0 Å². The lowest BCUT2D eigenvalue weighted by Crippen LogP contribution is -2.27. The summed E-state index contributed by atoms with van der Waals surface area (Å²) in [4.78, 5) is 25.4. The number of rotatable bonds is 4. The van der Waals surface area contributed by atoms with Crippen molar-refractivity contribution in [3.8, 4) is 11.5 Å². The van der Waals surface area contributed by atoms with Crippen molar-refractivity contribution in [1.82, 2.24) is 4.90 Å². The van der Waals surface area contributed by atoms with Gasteiger partial charge in [0.25, 0.3) is 11.1 Å². The summed E-state index contributed by atoms with van der Waals surface area (Å²) in [6.45, 7) is 4.29. The molecule has 0 unspecified atom stereocenters. The van der Waals surface area contributed by atoms with Crippen LogP contribution in [0.15, 0.2) is 19.9 Å². The predicted octanol–water partition coefficient (Wildman–Crippen LogP) is 4.37. The number of aromatic hydroxyl groups is 1. The Morgan fingerprint density at radius 3 is 2.55 bits per heavy atom. The van der Waals surface area contributed by atoms with Gasteiger partial charge in [0, 0.05) is 11.0 Å². The van der Waals surface area contributed by atoms with Gasteiger partial charge in [0.1, 0.15) is 0 Å². The Hall–Kier alpha value is -0.990. The molecule has 5 nitrogen and oxygen atoms in total. The Morgan fingerprint density at radius 2 is 2.00 bits per heavy atom. The van der Waals surface area contributed by atoms with Gasteiger partial charge in [0.2, 0.25) is 0 Å². The Morgan fingerprint density at radius 1 is 1.32 bits per heavy atom. The Kier molecular flexibility index (Phi) is 5.57. The van der Waals surface area contributed by atoms with Gasteiger partial charge in [-0.25, -0.2) is 0 Å². The lowest BCUT2D eigenvalue weighted by Gasteiger charge is -2.11. The molecule has 1 aromatic rings. The van der Waals surface area contributed by atoms with E-state index in [4.69, 9.17) is 4.74 Å². The van der Waals surface area contributed by atoms with Crippen LogP contribution in [-0.2, 0) is 4.79 Å². The number of phenols is 1. The van der Waals surface area contributed by atoms with Crippen molar-refractivity contribution in [1.29, 1.82) is 0 Å². The van der Waals surface area contributed by atoms with Gasteiger partial charge in [-0.2, -0.15) is 0 Å². The first-order valence-corrected chi connectivity index (χ1v) is 8.90. The Bertz CT molecular complexity index is 675. The maximum Gasteiger partial charge on any atom is 0.293 e. The van der Waals surface area contributed by atoms with Crippen LogP contribution < -0.4 is 4.74 Å². The zero-order chi connectivity index (χ0) is 16.4. The molecule has 118 valence electrons. The molecule has 0 bridgehead atoms. The van der Waals surface area contributed by atoms with Gasteiger partial charge in [0.15, 0.2) is 11.5 Å². The van der Waals surface area contributed by atoms with Gasteiger partial charge < -0.3 is 9.84 Å². The van der Waals surface area contributed by atoms with E-state index >= 15 is 0 Å². The van der Waals surface area contributed by atoms with E-state index in [1.807, 2.05) is 6.92 Å². The second-order valence-corrected chi connectivity index (χ2v) is 6.88. The van der Waals surface area contributed by atoms with Crippen LogP contribution in [0.5, 0.6) is 11.5 Å². The maximum atomic E-state index is 12.1. The topological polar surface area (TPSA) is 66.8 Å². The van der Waals surface area contributed by atoms with Gasteiger partial charge in [-0.05, 0) is 75.2 Å². The molecule has 22 heavy (non-hydrogen) atoms. The first-order chi connectivity index (χ1) is 10.4. The molecular formula is C14H13Br2NO4S.